The highest BCUT2D eigenvalue weighted by molar-refractivity contribution is 7.99. The Morgan fingerprint density at radius 1 is 1.00 bits per heavy atom. The summed E-state index contributed by atoms with van der Waals surface area (Å²) in [6, 6.07) is 12.0. The van der Waals surface area contributed by atoms with Crippen LogP contribution in [0.25, 0.3) is 11.5 Å². The van der Waals surface area contributed by atoms with Crippen molar-refractivity contribution in [2.75, 3.05) is 7.11 Å². The maximum absolute atomic E-state index is 5.90. The van der Waals surface area contributed by atoms with Crippen LogP contribution in [0.3, 0.4) is 0 Å². The van der Waals surface area contributed by atoms with E-state index >= 15 is 0 Å². The molecule has 0 saturated heterocycles. The SMILES string of the molecule is COc1ccc(-c2nnc(C(C)Sc3c(C)cc(C)cc3C)o2)cc1. The fourth-order valence-electron chi connectivity index (χ4n) is 2.83. The Hall–Kier alpha value is -2.27. The maximum atomic E-state index is 5.90. The molecule has 0 aliphatic rings. The molecule has 4 nitrogen and oxygen atoms in total. The molecule has 0 saturated carbocycles. The first-order chi connectivity index (χ1) is 12.0. The molecule has 0 N–H and O–H groups in total. The van der Waals surface area contributed by atoms with Gasteiger partial charge in [0.15, 0.2) is 0 Å². The number of benzene rings is 2. The maximum Gasteiger partial charge on any atom is 0.247 e. The topological polar surface area (TPSA) is 48.2 Å². The van der Waals surface area contributed by atoms with E-state index in [-0.39, 0.29) is 5.25 Å². The summed E-state index contributed by atoms with van der Waals surface area (Å²) in [4.78, 5) is 1.28. The van der Waals surface area contributed by atoms with Gasteiger partial charge in [0.05, 0.1) is 12.4 Å². The Morgan fingerprint density at radius 2 is 1.64 bits per heavy atom. The van der Waals surface area contributed by atoms with Gasteiger partial charge < -0.3 is 9.15 Å². The molecule has 0 fully saturated rings. The van der Waals surface area contributed by atoms with E-state index in [0.717, 1.165) is 11.3 Å². The Bertz CT molecular complexity index is 849. The first kappa shape index (κ1) is 17.5. The molecule has 5 heteroatoms. The van der Waals surface area contributed by atoms with Gasteiger partial charge in [0.25, 0.3) is 0 Å². The molecule has 1 heterocycles. The zero-order valence-corrected chi connectivity index (χ0v) is 16.0. The summed E-state index contributed by atoms with van der Waals surface area (Å²) >= 11 is 1.76. The van der Waals surface area contributed by atoms with E-state index in [1.807, 2.05) is 24.3 Å². The summed E-state index contributed by atoms with van der Waals surface area (Å²) in [7, 11) is 1.65. The summed E-state index contributed by atoms with van der Waals surface area (Å²) in [5, 5.41) is 8.52. The highest BCUT2D eigenvalue weighted by Gasteiger charge is 2.18. The second-order valence-electron chi connectivity index (χ2n) is 6.16. The molecule has 0 radical (unpaired) electrons. The highest BCUT2D eigenvalue weighted by Crippen LogP contribution is 2.38. The zero-order chi connectivity index (χ0) is 18.0. The van der Waals surface area contributed by atoms with E-state index in [1.165, 1.54) is 21.6 Å². The minimum Gasteiger partial charge on any atom is -0.497 e. The molecule has 0 spiro atoms. The van der Waals surface area contributed by atoms with Crippen molar-refractivity contribution in [1.82, 2.24) is 10.2 Å². The lowest BCUT2D eigenvalue weighted by Crippen LogP contribution is -1.93. The third-order valence-corrected chi connectivity index (χ3v) is 5.46. The van der Waals surface area contributed by atoms with Crippen LogP contribution in [0.5, 0.6) is 5.75 Å². The first-order valence-corrected chi connectivity index (χ1v) is 9.08. The second-order valence-corrected chi connectivity index (χ2v) is 7.51. The van der Waals surface area contributed by atoms with Gasteiger partial charge in [-0.05, 0) is 63.1 Å². The number of hydrogen-bond acceptors (Lipinski definition) is 5. The smallest absolute Gasteiger partial charge is 0.247 e. The molecule has 1 atom stereocenters. The lowest BCUT2D eigenvalue weighted by Gasteiger charge is -2.13. The van der Waals surface area contributed by atoms with Crippen LogP contribution in [0.15, 0.2) is 45.7 Å². The summed E-state index contributed by atoms with van der Waals surface area (Å²) in [6.07, 6.45) is 0. The van der Waals surface area contributed by atoms with Gasteiger partial charge in [-0.1, -0.05) is 17.7 Å². The van der Waals surface area contributed by atoms with E-state index < -0.39 is 0 Å². The molecule has 3 rings (SSSR count). The molecule has 0 aliphatic heterocycles. The van der Waals surface area contributed by atoms with Crippen molar-refractivity contribution >= 4 is 11.8 Å². The molecule has 25 heavy (non-hydrogen) atoms. The summed E-state index contributed by atoms with van der Waals surface area (Å²) in [5.74, 6) is 1.97. The van der Waals surface area contributed by atoms with Crippen LogP contribution in [0, 0.1) is 20.8 Å². The number of methoxy groups -OCH3 is 1. The molecular formula is C20H22N2O2S. The van der Waals surface area contributed by atoms with Crippen LogP contribution >= 0.6 is 11.8 Å². The van der Waals surface area contributed by atoms with Gasteiger partial charge in [-0.2, -0.15) is 0 Å². The summed E-state index contributed by atoms with van der Waals surface area (Å²) in [5.41, 5.74) is 4.74. The number of rotatable bonds is 5. The van der Waals surface area contributed by atoms with Crippen LogP contribution in [-0.4, -0.2) is 17.3 Å². The van der Waals surface area contributed by atoms with E-state index in [2.05, 4.69) is 50.0 Å². The monoisotopic (exact) mass is 354 g/mol. The molecule has 0 amide bonds. The number of ether oxygens (including phenoxy) is 1. The average Bonchev–Trinajstić information content (AvgIpc) is 3.08. The van der Waals surface area contributed by atoms with E-state index in [9.17, 15) is 0 Å². The summed E-state index contributed by atoms with van der Waals surface area (Å²) in [6.45, 7) is 8.50. The fourth-order valence-corrected chi connectivity index (χ4v) is 3.87. The molecule has 1 unspecified atom stereocenters. The largest absolute Gasteiger partial charge is 0.497 e. The average molecular weight is 354 g/mol. The van der Waals surface area contributed by atoms with Crippen molar-refractivity contribution in [2.45, 2.75) is 37.8 Å². The van der Waals surface area contributed by atoms with Crippen molar-refractivity contribution < 1.29 is 9.15 Å². The standard InChI is InChI=1S/C20H22N2O2S/c1-12-10-13(2)18(14(3)11-12)25-15(4)19-21-22-20(24-19)16-6-8-17(23-5)9-7-16/h6-11,15H,1-5H3. The quantitative estimate of drug-likeness (QED) is 0.564. The highest BCUT2D eigenvalue weighted by atomic mass is 32.2. The minimum absolute atomic E-state index is 0.0830. The van der Waals surface area contributed by atoms with Gasteiger partial charge >= 0.3 is 0 Å². The molecule has 2 aromatic carbocycles. The Kier molecular flexibility index (Phi) is 5.13. The van der Waals surface area contributed by atoms with E-state index in [1.54, 1.807) is 18.9 Å². The van der Waals surface area contributed by atoms with Crippen LogP contribution in [-0.2, 0) is 0 Å². The van der Waals surface area contributed by atoms with Crippen molar-refractivity contribution in [3.05, 3.63) is 59.0 Å². The lowest BCUT2D eigenvalue weighted by atomic mass is 10.1. The molecule has 1 aromatic heterocycles. The molecule has 0 aliphatic carbocycles. The fraction of sp³-hybridized carbons (Fsp3) is 0.300. The predicted molar refractivity (Wildman–Crippen MR) is 101 cm³/mol. The predicted octanol–water partition coefficient (Wildman–Crippen LogP) is 5.52. The van der Waals surface area contributed by atoms with Crippen LogP contribution < -0.4 is 4.74 Å². The Morgan fingerprint density at radius 3 is 2.24 bits per heavy atom. The van der Waals surface area contributed by atoms with Crippen molar-refractivity contribution in [3.63, 3.8) is 0 Å². The Balaban J connectivity index is 1.80. The molecular weight excluding hydrogens is 332 g/mol. The van der Waals surface area contributed by atoms with Crippen LogP contribution in [0.2, 0.25) is 0 Å². The number of thioether (sulfide) groups is 1. The van der Waals surface area contributed by atoms with Crippen molar-refractivity contribution in [3.8, 4) is 17.2 Å². The zero-order valence-electron chi connectivity index (χ0n) is 15.2. The van der Waals surface area contributed by atoms with Crippen LogP contribution in [0.4, 0.5) is 0 Å². The lowest BCUT2D eigenvalue weighted by molar-refractivity contribution is 0.415. The summed E-state index contributed by atoms with van der Waals surface area (Å²) < 4.78 is 11.1. The van der Waals surface area contributed by atoms with Gasteiger partial charge in [0, 0.05) is 10.5 Å². The normalized spacial score (nSPS) is 12.2. The van der Waals surface area contributed by atoms with Crippen LogP contribution in [0.1, 0.15) is 34.8 Å². The minimum atomic E-state index is 0.0830. The van der Waals surface area contributed by atoms with Gasteiger partial charge in [-0.3, -0.25) is 0 Å². The third kappa shape index (κ3) is 3.87. The van der Waals surface area contributed by atoms with E-state index in [0.29, 0.717) is 11.8 Å². The van der Waals surface area contributed by atoms with Gasteiger partial charge in [-0.15, -0.1) is 22.0 Å². The van der Waals surface area contributed by atoms with E-state index in [4.69, 9.17) is 9.15 Å². The number of aromatic nitrogens is 2. The van der Waals surface area contributed by atoms with Gasteiger partial charge in [-0.25, -0.2) is 0 Å². The molecule has 0 bridgehead atoms. The van der Waals surface area contributed by atoms with Crippen molar-refractivity contribution in [2.24, 2.45) is 0 Å². The molecule has 3 aromatic rings. The number of nitrogens with zero attached hydrogens (tertiary/aromatic N) is 2. The van der Waals surface area contributed by atoms with Gasteiger partial charge in [0.2, 0.25) is 11.8 Å². The second kappa shape index (κ2) is 7.31. The van der Waals surface area contributed by atoms with Gasteiger partial charge in [0.1, 0.15) is 5.75 Å². The van der Waals surface area contributed by atoms with Crippen molar-refractivity contribution in [1.29, 1.82) is 0 Å². The third-order valence-electron chi connectivity index (χ3n) is 4.02. The Labute approximate surface area is 152 Å². The number of aryl methyl sites for hydroxylation is 3. The molecule has 130 valence electrons. The first-order valence-electron chi connectivity index (χ1n) is 8.20. The number of hydrogen-bond donors (Lipinski definition) is 0.